The van der Waals surface area contributed by atoms with Crippen LogP contribution >= 0.6 is 0 Å². The lowest BCUT2D eigenvalue weighted by Crippen LogP contribution is -2.29. The Labute approximate surface area is 95.2 Å². The summed E-state index contributed by atoms with van der Waals surface area (Å²) in [4.78, 5) is 0. The van der Waals surface area contributed by atoms with Gasteiger partial charge in [-0.25, -0.2) is 4.68 Å². The van der Waals surface area contributed by atoms with Crippen molar-refractivity contribution in [2.75, 3.05) is 13.2 Å². The van der Waals surface area contributed by atoms with E-state index in [1.54, 1.807) is 0 Å². The van der Waals surface area contributed by atoms with Crippen molar-refractivity contribution >= 4 is 0 Å². The molecule has 2 aliphatic heterocycles. The highest BCUT2D eigenvalue weighted by molar-refractivity contribution is 5.13. The number of rotatable bonds is 2. The van der Waals surface area contributed by atoms with E-state index in [1.165, 1.54) is 18.5 Å². The van der Waals surface area contributed by atoms with Crippen LogP contribution in [-0.4, -0.2) is 34.2 Å². The molecule has 5 heteroatoms. The molecule has 1 aromatic heterocycles. The number of nitrogens with one attached hydrogen (secondary N) is 1. The lowest BCUT2D eigenvalue weighted by atomic mass is 10.1. The second-order valence-electron chi connectivity index (χ2n) is 4.58. The minimum Gasteiger partial charge on any atom is -0.376 e. The number of hydrogen-bond donors (Lipinski definition) is 1. The Kier molecular flexibility index (Phi) is 2.88. The van der Waals surface area contributed by atoms with E-state index in [1.807, 2.05) is 4.68 Å². The molecule has 1 N–H and O–H groups in total. The zero-order chi connectivity index (χ0) is 10.8. The SMILES string of the molecule is C1CCC(Cn2nnc3c2CCNC3)OC1. The summed E-state index contributed by atoms with van der Waals surface area (Å²) in [7, 11) is 0. The molecular weight excluding hydrogens is 204 g/mol. The lowest BCUT2D eigenvalue weighted by Gasteiger charge is -2.23. The van der Waals surface area contributed by atoms with E-state index in [4.69, 9.17) is 4.74 Å². The molecular formula is C11H18N4O. The first-order valence-corrected chi connectivity index (χ1v) is 6.17. The summed E-state index contributed by atoms with van der Waals surface area (Å²) in [6.07, 6.45) is 5.02. The van der Waals surface area contributed by atoms with Crippen molar-refractivity contribution in [2.24, 2.45) is 0 Å². The van der Waals surface area contributed by atoms with Crippen LogP contribution in [0.15, 0.2) is 0 Å². The average molecular weight is 222 g/mol. The first kappa shape index (κ1) is 10.2. The molecule has 0 amide bonds. The monoisotopic (exact) mass is 222 g/mol. The highest BCUT2D eigenvalue weighted by Crippen LogP contribution is 2.17. The Hall–Kier alpha value is -0.940. The first-order valence-electron chi connectivity index (χ1n) is 6.17. The third-order valence-corrected chi connectivity index (χ3v) is 3.40. The Bertz CT molecular complexity index is 357. The van der Waals surface area contributed by atoms with Crippen LogP contribution < -0.4 is 5.32 Å². The zero-order valence-electron chi connectivity index (χ0n) is 9.48. The van der Waals surface area contributed by atoms with Gasteiger partial charge in [-0.2, -0.15) is 0 Å². The van der Waals surface area contributed by atoms with E-state index < -0.39 is 0 Å². The Morgan fingerprint density at radius 1 is 1.44 bits per heavy atom. The highest BCUT2D eigenvalue weighted by Gasteiger charge is 2.20. The minimum absolute atomic E-state index is 0.342. The zero-order valence-corrected chi connectivity index (χ0v) is 9.48. The molecule has 1 saturated heterocycles. The summed E-state index contributed by atoms with van der Waals surface area (Å²) in [6.45, 7) is 3.68. The van der Waals surface area contributed by atoms with E-state index in [2.05, 4.69) is 15.6 Å². The van der Waals surface area contributed by atoms with Crippen LogP contribution in [0, 0.1) is 0 Å². The largest absolute Gasteiger partial charge is 0.376 e. The molecule has 1 atom stereocenters. The minimum atomic E-state index is 0.342. The van der Waals surface area contributed by atoms with Gasteiger partial charge in [0, 0.05) is 26.1 Å². The van der Waals surface area contributed by atoms with Crippen molar-refractivity contribution in [1.29, 1.82) is 0 Å². The molecule has 3 rings (SSSR count). The van der Waals surface area contributed by atoms with Crippen LogP contribution in [0.3, 0.4) is 0 Å². The Morgan fingerprint density at radius 3 is 3.31 bits per heavy atom. The van der Waals surface area contributed by atoms with E-state index in [-0.39, 0.29) is 0 Å². The van der Waals surface area contributed by atoms with Gasteiger partial charge in [-0.3, -0.25) is 0 Å². The van der Waals surface area contributed by atoms with Gasteiger partial charge in [-0.05, 0) is 19.3 Å². The van der Waals surface area contributed by atoms with E-state index in [0.717, 1.165) is 44.8 Å². The van der Waals surface area contributed by atoms with Crippen molar-refractivity contribution in [3.05, 3.63) is 11.4 Å². The van der Waals surface area contributed by atoms with Gasteiger partial charge in [0.15, 0.2) is 0 Å². The van der Waals surface area contributed by atoms with Gasteiger partial charge in [-0.15, -0.1) is 5.10 Å². The third-order valence-electron chi connectivity index (χ3n) is 3.40. The lowest BCUT2D eigenvalue weighted by molar-refractivity contribution is 0.00320. The maximum atomic E-state index is 5.74. The molecule has 0 saturated carbocycles. The molecule has 1 fully saturated rings. The van der Waals surface area contributed by atoms with Crippen LogP contribution in [0.2, 0.25) is 0 Å². The second kappa shape index (κ2) is 4.51. The van der Waals surface area contributed by atoms with Gasteiger partial charge < -0.3 is 10.1 Å². The Morgan fingerprint density at radius 2 is 2.44 bits per heavy atom. The van der Waals surface area contributed by atoms with Crippen molar-refractivity contribution < 1.29 is 4.74 Å². The molecule has 1 unspecified atom stereocenters. The summed E-state index contributed by atoms with van der Waals surface area (Å²) in [5, 5.41) is 11.8. The summed E-state index contributed by atoms with van der Waals surface area (Å²) in [5.74, 6) is 0. The molecule has 1 aromatic rings. The fourth-order valence-electron chi connectivity index (χ4n) is 2.48. The molecule has 5 nitrogen and oxygen atoms in total. The summed E-state index contributed by atoms with van der Waals surface area (Å²) < 4.78 is 7.79. The van der Waals surface area contributed by atoms with E-state index in [9.17, 15) is 0 Å². The predicted molar refractivity (Wildman–Crippen MR) is 59.0 cm³/mol. The average Bonchev–Trinajstić information content (AvgIpc) is 2.74. The summed E-state index contributed by atoms with van der Waals surface area (Å²) in [6, 6.07) is 0. The molecule has 0 bridgehead atoms. The summed E-state index contributed by atoms with van der Waals surface area (Å²) in [5.41, 5.74) is 2.41. The third kappa shape index (κ3) is 1.97. The van der Waals surface area contributed by atoms with Gasteiger partial charge in [0.1, 0.15) is 0 Å². The van der Waals surface area contributed by atoms with E-state index >= 15 is 0 Å². The van der Waals surface area contributed by atoms with Crippen molar-refractivity contribution in [2.45, 2.75) is 44.9 Å². The standard InChI is InChI=1S/C11H18N4O/c1-2-6-16-9(3-1)8-15-11-4-5-12-7-10(11)13-14-15/h9,12H,1-8H2. The maximum absolute atomic E-state index is 5.74. The predicted octanol–water partition coefficient (Wildman–Crippen LogP) is 0.493. The molecule has 3 heterocycles. The van der Waals surface area contributed by atoms with Crippen LogP contribution in [0.4, 0.5) is 0 Å². The molecule has 16 heavy (non-hydrogen) atoms. The van der Waals surface area contributed by atoms with Gasteiger partial charge >= 0.3 is 0 Å². The number of nitrogens with zero attached hydrogens (tertiary/aromatic N) is 3. The Balaban J connectivity index is 1.71. The molecule has 0 aliphatic carbocycles. The first-order chi connectivity index (χ1) is 7.93. The fraction of sp³-hybridized carbons (Fsp3) is 0.818. The summed E-state index contributed by atoms with van der Waals surface area (Å²) >= 11 is 0. The molecule has 0 aromatic carbocycles. The van der Waals surface area contributed by atoms with Gasteiger partial charge in [0.25, 0.3) is 0 Å². The van der Waals surface area contributed by atoms with Crippen LogP contribution in [-0.2, 0) is 24.2 Å². The number of fused-ring (bicyclic) bond motifs is 1. The van der Waals surface area contributed by atoms with Crippen LogP contribution in [0.1, 0.15) is 30.7 Å². The number of ether oxygens (including phenoxy) is 1. The molecule has 2 aliphatic rings. The van der Waals surface area contributed by atoms with Crippen molar-refractivity contribution in [3.8, 4) is 0 Å². The molecule has 88 valence electrons. The topological polar surface area (TPSA) is 52.0 Å². The normalized spacial score (nSPS) is 25.4. The highest BCUT2D eigenvalue weighted by atomic mass is 16.5. The van der Waals surface area contributed by atoms with Gasteiger partial charge in [-0.1, -0.05) is 5.21 Å². The van der Waals surface area contributed by atoms with Gasteiger partial charge in [0.2, 0.25) is 0 Å². The van der Waals surface area contributed by atoms with Crippen molar-refractivity contribution in [3.63, 3.8) is 0 Å². The van der Waals surface area contributed by atoms with Crippen LogP contribution in [0.5, 0.6) is 0 Å². The van der Waals surface area contributed by atoms with Crippen molar-refractivity contribution in [1.82, 2.24) is 20.3 Å². The van der Waals surface area contributed by atoms with Crippen LogP contribution in [0.25, 0.3) is 0 Å². The second-order valence-corrected chi connectivity index (χ2v) is 4.58. The quantitative estimate of drug-likeness (QED) is 0.791. The number of hydrogen-bond acceptors (Lipinski definition) is 4. The van der Waals surface area contributed by atoms with E-state index in [0.29, 0.717) is 6.10 Å². The fourth-order valence-corrected chi connectivity index (χ4v) is 2.48. The number of aromatic nitrogens is 3. The van der Waals surface area contributed by atoms with Gasteiger partial charge in [0.05, 0.1) is 24.0 Å². The molecule has 0 spiro atoms. The molecule has 0 radical (unpaired) electrons. The smallest absolute Gasteiger partial charge is 0.0997 e. The maximum Gasteiger partial charge on any atom is 0.0997 e.